The molecule has 0 N–H and O–H groups in total. The highest BCUT2D eigenvalue weighted by Crippen LogP contribution is 2.36. The molecule has 0 aromatic heterocycles. The lowest BCUT2D eigenvalue weighted by atomic mass is 10.1. The molecule has 1 fully saturated rings. The fourth-order valence-electron chi connectivity index (χ4n) is 6.19. The van der Waals surface area contributed by atoms with Gasteiger partial charge in [0.2, 0.25) is 0 Å². The van der Waals surface area contributed by atoms with Crippen molar-refractivity contribution in [3.8, 4) is 23.7 Å². The third-order valence-electron chi connectivity index (χ3n) is 8.70. The molecule has 2 aromatic carbocycles. The van der Waals surface area contributed by atoms with E-state index in [1.165, 1.54) is 55.3 Å². The standard InChI is InChI=1S/C41H60O3Si/c1-5-6-28-37(44-40-34-25-27-35-42-40)29-20-16-14-12-10-8-7-9-11-13-15-17-26-36-43-45(41(2,3)4,38-30-21-18-22-31-38)39-32-23-19-24-33-39/h18-19,21-24,30-33,37,40H,5-10,12,14-17,25-28,34-36H2,1-4H3/t37-,40?/m1/s1. The van der Waals surface area contributed by atoms with Gasteiger partial charge in [-0.25, -0.2) is 0 Å². The number of unbranched alkanes of at least 4 members (excludes halogenated alkanes) is 9. The van der Waals surface area contributed by atoms with E-state index < -0.39 is 8.32 Å². The highest BCUT2D eigenvalue weighted by Gasteiger charge is 2.49. The maximum atomic E-state index is 7.00. The molecule has 0 spiro atoms. The molecule has 0 amide bonds. The molecule has 45 heavy (non-hydrogen) atoms. The normalized spacial score (nSPS) is 15.9. The molecule has 3 nitrogen and oxygen atoms in total. The summed E-state index contributed by atoms with van der Waals surface area (Å²) in [5, 5.41) is 2.73. The quantitative estimate of drug-likeness (QED) is 0.0935. The van der Waals surface area contributed by atoms with Crippen LogP contribution in [0.3, 0.4) is 0 Å². The minimum atomic E-state index is -2.43. The molecule has 3 rings (SSSR count). The Hall–Kier alpha value is -2.34. The second-order valence-corrected chi connectivity index (χ2v) is 17.8. The number of hydrogen-bond acceptors (Lipinski definition) is 3. The molecule has 0 saturated carbocycles. The summed E-state index contributed by atoms with van der Waals surface area (Å²) in [5.74, 6) is 13.6. The van der Waals surface area contributed by atoms with Crippen LogP contribution in [-0.2, 0) is 13.9 Å². The maximum absolute atomic E-state index is 7.00. The second-order valence-electron chi connectivity index (χ2n) is 13.5. The van der Waals surface area contributed by atoms with Crippen LogP contribution >= 0.6 is 0 Å². The van der Waals surface area contributed by atoms with Crippen molar-refractivity contribution in [2.75, 3.05) is 13.2 Å². The third kappa shape index (κ3) is 13.1. The van der Waals surface area contributed by atoms with E-state index in [0.717, 1.165) is 71.0 Å². The molecule has 1 unspecified atom stereocenters. The number of benzene rings is 2. The summed E-state index contributed by atoms with van der Waals surface area (Å²) in [4.78, 5) is 0. The van der Waals surface area contributed by atoms with Gasteiger partial charge in [-0.05, 0) is 66.8 Å². The van der Waals surface area contributed by atoms with E-state index in [1.807, 2.05) is 0 Å². The van der Waals surface area contributed by atoms with Crippen LogP contribution in [0.25, 0.3) is 0 Å². The van der Waals surface area contributed by atoms with Crippen LogP contribution in [0, 0.1) is 23.7 Å². The average Bonchev–Trinajstić information content (AvgIpc) is 3.05. The van der Waals surface area contributed by atoms with Crippen LogP contribution < -0.4 is 10.4 Å². The van der Waals surface area contributed by atoms with Crippen molar-refractivity contribution in [2.24, 2.45) is 0 Å². The molecule has 1 heterocycles. The van der Waals surface area contributed by atoms with Gasteiger partial charge in [-0.1, -0.05) is 126 Å². The van der Waals surface area contributed by atoms with Crippen molar-refractivity contribution in [2.45, 2.75) is 148 Å². The molecule has 0 bridgehead atoms. The summed E-state index contributed by atoms with van der Waals surface area (Å²) in [6, 6.07) is 21.8. The molecule has 246 valence electrons. The zero-order valence-electron chi connectivity index (χ0n) is 28.9. The fourth-order valence-corrected chi connectivity index (χ4v) is 10.8. The molecule has 0 radical (unpaired) electrons. The maximum Gasteiger partial charge on any atom is 0.261 e. The van der Waals surface area contributed by atoms with Crippen molar-refractivity contribution in [3.05, 3.63) is 60.7 Å². The molecule has 2 aromatic rings. The topological polar surface area (TPSA) is 27.7 Å². The lowest BCUT2D eigenvalue weighted by molar-refractivity contribution is -0.177. The van der Waals surface area contributed by atoms with Gasteiger partial charge in [-0.3, -0.25) is 0 Å². The largest absolute Gasteiger partial charge is 0.407 e. The van der Waals surface area contributed by atoms with Gasteiger partial charge in [-0.15, -0.1) is 17.8 Å². The van der Waals surface area contributed by atoms with Crippen LogP contribution in [-0.4, -0.2) is 33.9 Å². The Morgan fingerprint density at radius 2 is 1.33 bits per heavy atom. The smallest absolute Gasteiger partial charge is 0.261 e. The van der Waals surface area contributed by atoms with Gasteiger partial charge in [0.15, 0.2) is 6.29 Å². The Morgan fingerprint density at radius 1 is 0.756 bits per heavy atom. The zero-order chi connectivity index (χ0) is 32.1. The first-order valence-electron chi connectivity index (χ1n) is 17.9. The van der Waals surface area contributed by atoms with E-state index in [2.05, 4.69) is 112 Å². The van der Waals surface area contributed by atoms with Gasteiger partial charge in [0.05, 0.1) is 0 Å². The van der Waals surface area contributed by atoms with Gasteiger partial charge in [-0.2, -0.15) is 0 Å². The predicted octanol–water partition coefficient (Wildman–Crippen LogP) is 9.57. The Bertz CT molecular complexity index is 1120. The molecule has 2 atom stereocenters. The average molecular weight is 629 g/mol. The second kappa shape index (κ2) is 21.5. The molecule has 1 aliphatic heterocycles. The molecule has 1 saturated heterocycles. The lowest BCUT2D eigenvalue weighted by Crippen LogP contribution is -2.66. The highest BCUT2D eigenvalue weighted by atomic mass is 28.4. The summed E-state index contributed by atoms with van der Waals surface area (Å²) in [7, 11) is -2.43. The van der Waals surface area contributed by atoms with Crippen molar-refractivity contribution in [1.29, 1.82) is 0 Å². The van der Waals surface area contributed by atoms with E-state index in [0.29, 0.717) is 0 Å². The monoisotopic (exact) mass is 628 g/mol. The van der Waals surface area contributed by atoms with E-state index in [4.69, 9.17) is 13.9 Å². The Balaban J connectivity index is 1.28. The summed E-state index contributed by atoms with van der Waals surface area (Å²) in [6.07, 6.45) is 17.9. The van der Waals surface area contributed by atoms with Crippen LogP contribution in [0.2, 0.25) is 5.04 Å². The lowest BCUT2D eigenvalue weighted by Gasteiger charge is -2.43. The van der Waals surface area contributed by atoms with Gasteiger partial charge < -0.3 is 13.9 Å². The summed E-state index contributed by atoms with van der Waals surface area (Å²) in [5.41, 5.74) is 0. The first-order chi connectivity index (χ1) is 22.0. The molecular weight excluding hydrogens is 569 g/mol. The van der Waals surface area contributed by atoms with E-state index in [-0.39, 0.29) is 17.4 Å². The summed E-state index contributed by atoms with van der Waals surface area (Å²) in [6.45, 7) is 10.8. The van der Waals surface area contributed by atoms with E-state index >= 15 is 0 Å². The predicted molar refractivity (Wildman–Crippen MR) is 193 cm³/mol. The molecule has 1 aliphatic rings. The molecule has 4 heteroatoms. The summed E-state index contributed by atoms with van der Waals surface area (Å²) >= 11 is 0. The van der Waals surface area contributed by atoms with Gasteiger partial charge in [0.25, 0.3) is 8.32 Å². The SMILES string of the molecule is CCCC[C@H](C#CCCCCCCCC#CCCCCO[Si](c1ccccc1)(c1ccccc1)C(C)(C)C)OC1CCCCO1. The highest BCUT2D eigenvalue weighted by molar-refractivity contribution is 6.99. The summed E-state index contributed by atoms with van der Waals surface area (Å²) < 4.78 is 18.9. The van der Waals surface area contributed by atoms with Crippen LogP contribution in [0.5, 0.6) is 0 Å². The van der Waals surface area contributed by atoms with Crippen molar-refractivity contribution >= 4 is 18.7 Å². The van der Waals surface area contributed by atoms with Gasteiger partial charge in [0.1, 0.15) is 6.10 Å². The minimum Gasteiger partial charge on any atom is -0.407 e. The third-order valence-corrected chi connectivity index (χ3v) is 13.7. The number of hydrogen-bond donors (Lipinski definition) is 0. The first kappa shape index (κ1) is 37.1. The number of rotatable bonds is 18. The Kier molecular flexibility index (Phi) is 17.7. The van der Waals surface area contributed by atoms with Gasteiger partial charge >= 0.3 is 0 Å². The Labute approximate surface area is 277 Å². The van der Waals surface area contributed by atoms with Gasteiger partial charge in [0, 0.05) is 32.5 Å². The fraction of sp³-hybridized carbons (Fsp3) is 0.610. The molecular formula is C41H60O3Si. The van der Waals surface area contributed by atoms with Crippen LogP contribution in [0.15, 0.2) is 60.7 Å². The molecule has 0 aliphatic carbocycles. The van der Waals surface area contributed by atoms with E-state index in [9.17, 15) is 0 Å². The number of ether oxygens (including phenoxy) is 2. The first-order valence-corrected chi connectivity index (χ1v) is 19.8. The van der Waals surface area contributed by atoms with Crippen LogP contribution in [0.1, 0.15) is 130 Å². The minimum absolute atomic E-state index is 0.0270. The van der Waals surface area contributed by atoms with Crippen molar-refractivity contribution < 1.29 is 13.9 Å². The van der Waals surface area contributed by atoms with Crippen molar-refractivity contribution in [3.63, 3.8) is 0 Å². The Morgan fingerprint density at radius 3 is 1.89 bits per heavy atom. The van der Waals surface area contributed by atoms with E-state index in [1.54, 1.807) is 0 Å². The van der Waals surface area contributed by atoms with Crippen LogP contribution in [0.4, 0.5) is 0 Å². The van der Waals surface area contributed by atoms with Crippen molar-refractivity contribution in [1.82, 2.24) is 0 Å². The zero-order valence-corrected chi connectivity index (χ0v) is 29.9.